The first kappa shape index (κ1) is 15.8. The summed E-state index contributed by atoms with van der Waals surface area (Å²) in [5.41, 5.74) is 0.0142. The molecular weight excluding hydrogens is 262 g/mol. The lowest BCUT2D eigenvalue weighted by Gasteiger charge is -2.20. The molecule has 1 amide bonds. The number of aromatic hydroxyl groups is 1. The number of nitrogens with one attached hydrogen (secondary N) is 1. The summed E-state index contributed by atoms with van der Waals surface area (Å²) < 4.78 is 4.92. The number of methoxy groups -OCH3 is 1. The van der Waals surface area contributed by atoms with Gasteiger partial charge >= 0.3 is 5.97 Å². The molecule has 0 radical (unpaired) electrons. The summed E-state index contributed by atoms with van der Waals surface area (Å²) in [7, 11) is 1.44. The van der Waals surface area contributed by atoms with Crippen LogP contribution in [0.1, 0.15) is 30.6 Å². The number of aliphatic carboxylic acids is 1. The Morgan fingerprint density at radius 1 is 1.40 bits per heavy atom. The molecule has 110 valence electrons. The second-order valence-electron chi connectivity index (χ2n) is 4.56. The van der Waals surface area contributed by atoms with Crippen molar-refractivity contribution < 1.29 is 24.5 Å². The number of phenolic OH excluding ortho intramolecular Hbond substituents is 1. The van der Waals surface area contributed by atoms with Crippen molar-refractivity contribution in [1.82, 2.24) is 5.32 Å². The van der Waals surface area contributed by atoms with Gasteiger partial charge in [-0.05, 0) is 18.1 Å². The molecule has 0 aliphatic heterocycles. The number of ether oxygens (including phenoxy) is 1. The average Bonchev–Trinajstić information content (AvgIpc) is 2.43. The van der Waals surface area contributed by atoms with Crippen LogP contribution in [0.3, 0.4) is 0 Å². The smallest absolute Gasteiger partial charge is 0.326 e. The Morgan fingerprint density at radius 3 is 2.50 bits per heavy atom. The lowest BCUT2D eigenvalue weighted by Crippen LogP contribution is -2.45. The fourth-order valence-electron chi connectivity index (χ4n) is 1.73. The number of phenols is 1. The van der Waals surface area contributed by atoms with E-state index in [1.165, 1.54) is 25.3 Å². The van der Waals surface area contributed by atoms with E-state index >= 15 is 0 Å². The number of rotatable bonds is 6. The summed E-state index contributed by atoms with van der Waals surface area (Å²) in [4.78, 5) is 23.2. The van der Waals surface area contributed by atoms with Crippen molar-refractivity contribution in [3.8, 4) is 11.5 Å². The Bertz CT molecular complexity index is 500. The SMILES string of the molecule is CC[C@H](C)[C@H](NC(=O)c1ccc(OC)cc1O)C(=O)O. The highest BCUT2D eigenvalue weighted by atomic mass is 16.5. The minimum Gasteiger partial charge on any atom is -0.507 e. The Labute approximate surface area is 117 Å². The van der Waals surface area contributed by atoms with Gasteiger partial charge in [0.2, 0.25) is 0 Å². The molecule has 0 aromatic heterocycles. The lowest BCUT2D eigenvalue weighted by atomic mass is 9.99. The van der Waals surface area contributed by atoms with E-state index in [4.69, 9.17) is 9.84 Å². The van der Waals surface area contributed by atoms with Crippen LogP contribution >= 0.6 is 0 Å². The van der Waals surface area contributed by atoms with Crippen molar-refractivity contribution in [2.75, 3.05) is 7.11 Å². The molecule has 0 bridgehead atoms. The molecule has 0 unspecified atom stereocenters. The van der Waals surface area contributed by atoms with Gasteiger partial charge in [-0.2, -0.15) is 0 Å². The van der Waals surface area contributed by atoms with Gasteiger partial charge in [0.15, 0.2) is 0 Å². The molecule has 0 spiro atoms. The number of carbonyl (C=O) groups is 2. The molecule has 20 heavy (non-hydrogen) atoms. The zero-order chi connectivity index (χ0) is 15.3. The second kappa shape index (κ2) is 6.79. The summed E-state index contributed by atoms with van der Waals surface area (Å²) in [5.74, 6) is -1.78. The molecule has 0 aliphatic carbocycles. The third kappa shape index (κ3) is 3.63. The second-order valence-corrected chi connectivity index (χ2v) is 4.56. The molecule has 2 atom stereocenters. The predicted molar refractivity (Wildman–Crippen MR) is 73.0 cm³/mol. The van der Waals surface area contributed by atoms with Gasteiger partial charge in [-0.3, -0.25) is 4.79 Å². The van der Waals surface area contributed by atoms with Gasteiger partial charge in [0, 0.05) is 6.07 Å². The third-order valence-corrected chi connectivity index (χ3v) is 3.22. The van der Waals surface area contributed by atoms with E-state index in [9.17, 15) is 14.7 Å². The van der Waals surface area contributed by atoms with Crippen LogP contribution in [-0.2, 0) is 4.79 Å². The van der Waals surface area contributed by atoms with Crippen molar-refractivity contribution in [2.45, 2.75) is 26.3 Å². The maximum atomic E-state index is 12.0. The zero-order valence-corrected chi connectivity index (χ0v) is 11.7. The maximum Gasteiger partial charge on any atom is 0.326 e. The largest absolute Gasteiger partial charge is 0.507 e. The van der Waals surface area contributed by atoms with E-state index in [1.54, 1.807) is 6.92 Å². The Hall–Kier alpha value is -2.24. The van der Waals surface area contributed by atoms with Crippen LogP contribution in [0.5, 0.6) is 11.5 Å². The van der Waals surface area contributed by atoms with Crippen LogP contribution in [0.2, 0.25) is 0 Å². The van der Waals surface area contributed by atoms with Gasteiger partial charge in [0.05, 0.1) is 12.7 Å². The van der Waals surface area contributed by atoms with Crippen LogP contribution in [0.15, 0.2) is 18.2 Å². The van der Waals surface area contributed by atoms with E-state index < -0.39 is 17.9 Å². The quantitative estimate of drug-likeness (QED) is 0.736. The highest BCUT2D eigenvalue weighted by Gasteiger charge is 2.26. The van der Waals surface area contributed by atoms with E-state index in [-0.39, 0.29) is 17.2 Å². The molecule has 0 fully saturated rings. The average molecular weight is 281 g/mol. The number of amides is 1. The van der Waals surface area contributed by atoms with Crippen LogP contribution in [0.4, 0.5) is 0 Å². The van der Waals surface area contributed by atoms with Gasteiger partial charge in [0.25, 0.3) is 5.91 Å². The highest BCUT2D eigenvalue weighted by molar-refractivity contribution is 5.99. The minimum atomic E-state index is -1.10. The molecule has 6 heteroatoms. The predicted octanol–water partition coefficient (Wildman–Crippen LogP) is 1.63. The fourth-order valence-corrected chi connectivity index (χ4v) is 1.73. The van der Waals surface area contributed by atoms with E-state index in [1.807, 2.05) is 6.92 Å². The van der Waals surface area contributed by atoms with Crippen LogP contribution in [-0.4, -0.2) is 35.2 Å². The molecule has 6 nitrogen and oxygen atoms in total. The summed E-state index contributed by atoms with van der Waals surface area (Å²) in [6.07, 6.45) is 0.617. The third-order valence-electron chi connectivity index (χ3n) is 3.22. The molecule has 0 saturated heterocycles. The lowest BCUT2D eigenvalue weighted by molar-refractivity contribution is -0.140. The number of benzene rings is 1. The van der Waals surface area contributed by atoms with Gasteiger partial charge in [-0.15, -0.1) is 0 Å². The Morgan fingerprint density at radius 2 is 2.05 bits per heavy atom. The first-order valence-corrected chi connectivity index (χ1v) is 6.31. The van der Waals surface area contributed by atoms with Crippen LogP contribution in [0, 0.1) is 5.92 Å². The van der Waals surface area contributed by atoms with E-state index in [2.05, 4.69) is 5.32 Å². The van der Waals surface area contributed by atoms with Crippen molar-refractivity contribution in [1.29, 1.82) is 0 Å². The van der Waals surface area contributed by atoms with E-state index in [0.29, 0.717) is 12.2 Å². The van der Waals surface area contributed by atoms with Crippen molar-refractivity contribution >= 4 is 11.9 Å². The summed E-state index contributed by atoms with van der Waals surface area (Å²) in [6.45, 7) is 3.59. The molecular formula is C14H19NO5. The van der Waals surface area contributed by atoms with Crippen molar-refractivity contribution in [2.24, 2.45) is 5.92 Å². The van der Waals surface area contributed by atoms with Gasteiger partial charge in [-0.1, -0.05) is 20.3 Å². The normalized spacial score (nSPS) is 13.3. The topological polar surface area (TPSA) is 95.9 Å². The molecule has 3 N–H and O–H groups in total. The highest BCUT2D eigenvalue weighted by Crippen LogP contribution is 2.23. The fraction of sp³-hybridized carbons (Fsp3) is 0.429. The first-order chi connectivity index (χ1) is 9.40. The van der Waals surface area contributed by atoms with Gasteiger partial charge in [-0.25, -0.2) is 4.79 Å². The maximum absolute atomic E-state index is 12.0. The van der Waals surface area contributed by atoms with Crippen LogP contribution < -0.4 is 10.1 Å². The summed E-state index contributed by atoms with van der Waals surface area (Å²) in [6, 6.07) is 3.22. The van der Waals surface area contributed by atoms with Crippen LogP contribution in [0.25, 0.3) is 0 Å². The standard InChI is InChI=1S/C14H19NO5/c1-4-8(2)12(14(18)19)15-13(17)10-6-5-9(20-3)7-11(10)16/h5-8,12,16H,4H2,1-3H3,(H,15,17)(H,18,19)/t8-,12-/m0/s1. The molecule has 1 aromatic rings. The van der Waals surface area contributed by atoms with Crippen molar-refractivity contribution in [3.63, 3.8) is 0 Å². The van der Waals surface area contributed by atoms with E-state index in [0.717, 1.165) is 0 Å². The number of carboxylic acids is 1. The number of hydrogen-bond donors (Lipinski definition) is 3. The minimum absolute atomic E-state index is 0.0142. The monoisotopic (exact) mass is 281 g/mol. The molecule has 0 heterocycles. The Kier molecular flexibility index (Phi) is 5.37. The number of carboxylic acid groups (broad SMARTS) is 1. The molecule has 0 saturated carbocycles. The molecule has 1 aromatic carbocycles. The van der Waals surface area contributed by atoms with Crippen molar-refractivity contribution in [3.05, 3.63) is 23.8 Å². The van der Waals surface area contributed by atoms with Gasteiger partial charge < -0.3 is 20.3 Å². The number of carbonyl (C=O) groups excluding carboxylic acids is 1. The number of hydrogen-bond acceptors (Lipinski definition) is 4. The Balaban J connectivity index is 2.92. The molecule has 0 aliphatic rings. The summed E-state index contributed by atoms with van der Waals surface area (Å²) in [5, 5.41) is 21.3. The zero-order valence-electron chi connectivity index (χ0n) is 11.7. The molecule has 1 rings (SSSR count). The first-order valence-electron chi connectivity index (χ1n) is 6.31. The summed E-state index contributed by atoms with van der Waals surface area (Å²) >= 11 is 0. The van der Waals surface area contributed by atoms with Gasteiger partial charge in [0.1, 0.15) is 17.5 Å².